The Morgan fingerprint density at radius 1 is 1.33 bits per heavy atom. The zero-order valence-electron chi connectivity index (χ0n) is 11.3. The Balaban J connectivity index is 2.41. The van der Waals surface area contributed by atoms with Crippen molar-refractivity contribution in [1.82, 2.24) is 5.32 Å². The number of hydrogen-bond donors (Lipinski definition) is 3. The van der Waals surface area contributed by atoms with Crippen LogP contribution < -0.4 is 10.1 Å². The van der Waals surface area contributed by atoms with Crippen molar-refractivity contribution in [2.24, 2.45) is 0 Å². The summed E-state index contributed by atoms with van der Waals surface area (Å²) in [5, 5.41) is 21.8. The molecule has 0 bridgehead atoms. The normalized spacial score (nSPS) is 16.1. The first kappa shape index (κ1) is 15.0. The van der Waals surface area contributed by atoms with Gasteiger partial charge in [0.1, 0.15) is 5.75 Å². The lowest BCUT2D eigenvalue weighted by Gasteiger charge is -2.23. The quantitative estimate of drug-likeness (QED) is 0.677. The Kier molecular flexibility index (Phi) is 5.59. The van der Waals surface area contributed by atoms with Gasteiger partial charge in [0.2, 0.25) is 0 Å². The van der Waals surface area contributed by atoms with Gasteiger partial charge in [-0.1, -0.05) is 12.1 Å². The second-order valence-corrected chi connectivity index (χ2v) is 4.99. The molecule has 0 aliphatic heterocycles. The van der Waals surface area contributed by atoms with E-state index in [0.29, 0.717) is 6.54 Å². The molecule has 18 heavy (non-hydrogen) atoms. The number of ether oxygens (including phenoxy) is 1. The molecule has 0 spiro atoms. The highest BCUT2D eigenvalue weighted by Crippen LogP contribution is 2.12. The molecule has 0 aromatic heterocycles. The summed E-state index contributed by atoms with van der Waals surface area (Å²) in [6.07, 6.45) is 0.867. The number of aliphatic hydroxyl groups is 2. The molecule has 0 heterocycles. The largest absolute Gasteiger partial charge is 0.497 e. The number of aliphatic hydroxyl groups excluding tert-OH is 1. The molecule has 1 rings (SSSR count). The predicted molar refractivity (Wildman–Crippen MR) is 71.9 cm³/mol. The van der Waals surface area contributed by atoms with Crippen molar-refractivity contribution >= 4 is 0 Å². The van der Waals surface area contributed by atoms with E-state index in [-0.39, 0.29) is 12.6 Å². The zero-order chi connectivity index (χ0) is 13.6. The van der Waals surface area contributed by atoms with Crippen LogP contribution in [0.15, 0.2) is 24.3 Å². The van der Waals surface area contributed by atoms with Gasteiger partial charge in [0.05, 0.1) is 19.3 Å². The van der Waals surface area contributed by atoms with Gasteiger partial charge in [-0.3, -0.25) is 0 Å². The fourth-order valence-electron chi connectivity index (χ4n) is 1.64. The summed E-state index contributed by atoms with van der Waals surface area (Å²) in [6, 6.07) is 8.16. The smallest absolute Gasteiger partial charge is 0.118 e. The van der Waals surface area contributed by atoms with Gasteiger partial charge < -0.3 is 20.3 Å². The molecule has 1 aromatic rings. The summed E-state index contributed by atoms with van der Waals surface area (Å²) in [6.45, 7) is 3.80. The molecule has 2 atom stereocenters. The molecule has 0 radical (unpaired) electrons. The van der Waals surface area contributed by atoms with Crippen molar-refractivity contribution in [3.63, 3.8) is 0 Å². The topological polar surface area (TPSA) is 61.7 Å². The van der Waals surface area contributed by atoms with E-state index in [4.69, 9.17) is 9.84 Å². The molecular formula is C14H23NO3. The molecule has 3 N–H and O–H groups in total. The van der Waals surface area contributed by atoms with Gasteiger partial charge in [0, 0.05) is 12.6 Å². The highest BCUT2D eigenvalue weighted by molar-refractivity contribution is 5.27. The van der Waals surface area contributed by atoms with Gasteiger partial charge in [-0.15, -0.1) is 0 Å². The van der Waals surface area contributed by atoms with Crippen LogP contribution in [0.1, 0.15) is 19.4 Å². The second-order valence-electron chi connectivity index (χ2n) is 4.99. The maximum absolute atomic E-state index is 9.68. The van der Waals surface area contributed by atoms with E-state index >= 15 is 0 Å². The first-order valence-electron chi connectivity index (χ1n) is 6.16. The van der Waals surface area contributed by atoms with Crippen LogP contribution in [0.4, 0.5) is 0 Å². The van der Waals surface area contributed by atoms with E-state index in [1.165, 1.54) is 5.56 Å². The van der Waals surface area contributed by atoms with Crippen molar-refractivity contribution in [2.75, 3.05) is 20.3 Å². The summed E-state index contributed by atoms with van der Waals surface area (Å²) >= 11 is 0. The Labute approximate surface area is 109 Å². The number of hydrogen-bond acceptors (Lipinski definition) is 4. The monoisotopic (exact) mass is 253 g/mol. The maximum Gasteiger partial charge on any atom is 0.118 e. The standard InChI is InChI=1S/C14H23NO3/c1-11(15-9-14(2,17)10-16)8-12-4-6-13(18-3)7-5-12/h4-7,11,15-17H,8-10H2,1-3H3. The number of benzene rings is 1. The summed E-state index contributed by atoms with van der Waals surface area (Å²) in [7, 11) is 1.65. The Hall–Kier alpha value is -1.10. The van der Waals surface area contributed by atoms with Gasteiger partial charge >= 0.3 is 0 Å². The molecule has 2 unspecified atom stereocenters. The average molecular weight is 253 g/mol. The van der Waals surface area contributed by atoms with Crippen molar-refractivity contribution in [3.8, 4) is 5.75 Å². The van der Waals surface area contributed by atoms with Gasteiger partial charge in [-0.05, 0) is 38.0 Å². The predicted octanol–water partition coefficient (Wildman–Crippen LogP) is 0.959. The van der Waals surface area contributed by atoms with Crippen LogP contribution in [0.2, 0.25) is 0 Å². The van der Waals surface area contributed by atoms with E-state index < -0.39 is 5.60 Å². The third kappa shape index (κ3) is 5.04. The summed E-state index contributed by atoms with van der Waals surface area (Å²) < 4.78 is 5.10. The van der Waals surface area contributed by atoms with Crippen LogP contribution in [-0.4, -0.2) is 42.1 Å². The molecule has 0 amide bonds. The fourth-order valence-corrected chi connectivity index (χ4v) is 1.64. The fraction of sp³-hybridized carbons (Fsp3) is 0.571. The summed E-state index contributed by atoms with van der Waals surface area (Å²) in [5.74, 6) is 0.850. The highest BCUT2D eigenvalue weighted by atomic mass is 16.5. The lowest BCUT2D eigenvalue weighted by atomic mass is 10.0. The van der Waals surface area contributed by atoms with E-state index in [0.717, 1.165) is 12.2 Å². The Morgan fingerprint density at radius 3 is 2.44 bits per heavy atom. The van der Waals surface area contributed by atoms with Crippen molar-refractivity contribution in [1.29, 1.82) is 0 Å². The average Bonchev–Trinajstić information content (AvgIpc) is 2.37. The lowest BCUT2D eigenvalue weighted by molar-refractivity contribution is 0.00111. The lowest BCUT2D eigenvalue weighted by Crippen LogP contribution is -2.44. The minimum Gasteiger partial charge on any atom is -0.497 e. The zero-order valence-corrected chi connectivity index (χ0v) is 11.3. The van der Waals surface area contributed by atoms with Crippen LogP contribution in [0, 0.1) is 0 Å². The van der Waals surface area contributed by atoms with Gasteiger partial charge in [-0.2, -0.15) is 0 Å². The first-order chi connectivity index (χ1) is 8.46. The molecule has 0 aliphatic rings. The van der Waals surface area contributed by atoms with Crippen LogP contribution in [-0.2, 0) is 6.42 Å². The third-order valence-corrected chi connectivity index (χ3v) is 2.87. The molecular weight excluding hydrogens is 230 g/mol. The van der Waals surface area contributed by atoms with Gasteiger partial charge in [0.15, 0.2) is 0 Å². The number of methoxy groups -OCH3 is 1. The Bertz CT molecular complexity index is 349. The van der Waals surface area contributed by atoms with Crippen LogP contribution >= 0.6 is 0 Å². The molecule has 0 fully saturated rings. The maximum atomic E-state index is 9.68. The van der Waals surface area contributed by atoms with Crippen molar-refractivity contribution in [2.45, 2.75) is 31.9 Å². The molecule has 0 aliphatic carbocycles. The molecule has 0 saturated heterocycles. The summed E-state index contributed by atoms with van der Waals surface area (Å²) in [5.41, 5.74) is 0.146. The van der Waals surface area contributed by atoms with E-state index in [1.54, 1.807) is 14.0 Å². The Morgan fingerprint density at radius 2 is 1.94 bits per heavy atom. The third-order valence-electron chi connectivity index (χ3n) is 2.87. The minimum absolute atomic E-state index is 0.233. The van der Waals surface area contributed by atoms with Crippen molar-refractivity contribution < 1.29 is 14.9 Å². The highest BCUT2D eigenvalue weighted by Gasteiger charge is 2.19. The first-order valence-corrected chi connectivity index (χ1v) is 6.16. The van der Waals surface area contributed by atoms with Crippen LogP contribution in [0.3, 0.4) is 0 Å². The van der Waals surface area contributed by atoms with Crippen molar-refractivity contribution in [3.05, 3.63) is 29.8 Å². The van der Waals surface area contributed by atoms with E-state index in [1.807, 2.05) is 24.3 Å². The number of rotatable bonds is 7. The van der Waals surface area contributed by atoms with Crippen LogP contribution in [0.5, 0.6) is 5.75 Å². The van der Waals surface area contributed by atoms with E-state index in [2.05, 4.69) is 12.2 Å². The second kappa shape index (κ2) is 6.73. The SMILES string of the molecule is COc1ccc(CC(C)NCC(C)(O)CO)cc1. The molecule has 102 valence electrons. The van der Waals surface area contributed by atoms with Gasteiger partial charge in [-0.25, -0.2) is 0 Å². The van der Waals surface area contributed by atoms with E-state index in [9.17, 15) is 5.11 Å². The number of nitrogens with one attached hydrogen (secondary N) is 1. The molecule has 0 saturated carbocycles. The molecule has 1 aromatic carbocycles. The van der Waals surface area contributed by atoms with Gasteiger partial charge in [0.25, 0.3) is 0 Å². The molecule has 4 heteroatoms. The van der Waals surface area contributed by atoms with Crippen LogP contribution in [0.25, 0.3) is 0 Å². The summed E-state index contributed by atoms with van der Waals surface area (Å²) in [4.78, 5) is 0. The minimum atomic E-state index is -1.06. The molecule has 4 nitrogen and oxygen atoms in total.